The maximum atomic E-state index is 12.4. The van der Waals surface area contributed by atoms with Crippen LogP contribution in [0.4, 0.5) is 17.1 Å². The van der Waals surface area contributed by atoms with Gasteiger partial charge in [0, 0.05) is 23.0 Å². The summed E-state index contributed by atoms with van der Waals surface area (Å²) in [6.45, 7) is 0. The van der Waals surface area contributed by atoms with Crippen LogP contribution in [0.25, 0.3) is 0 Å². The van der Waals surface area contributed by atoms with Crippen LogP contribution in [0.1, 0.15) is 17.9 Å². The first-order valence-corrected chi connectivity index (χ1v) is 8.57. The Morgan fingerprint density at radius 2 is 1.28 bits per heavy atom. The number of anilines is 3. The number of amides is 1. The molecule has 0 aliphatic heterocycles. The first kappa shape index (κ1) is 15.5. The van der Waals surface area contributed by atoms with Gasteiger partial charge in [-0.05, 0) is 54.3 Å². The lowest BCUT2D eigenvalue weighted by Gasteiger charge is -2.09. The fraction of sp³-hybridized carbons (Fsp3) is 0.136. The Bertz CT molecular complexity index is 844. The molecule has 0 spiro atoms. The second kappa shape index (κ2) is 6.81. The maximum absolute atomic E-state index is 12.4. The van der Waals surface area contributed by atoms with Crippen molar-refractivity contribution in [2.24, 2.45) is 5.92 Å². The molecule has 1 aliphatic rings. The summed E-state index contributed by atoms with van der Waals surface area (Å²) in [5.74, 6) is 0.558. The van der Waals surface area contributed by atoms with Gasteiger partial charge >= 0.3 is 0 Å². The van der Waals surface area contributed by atoms with Gasteiger partial charge in [0.25, 0.3) is 0 Å². The molecular formula is C22H20N2O. The van der Waals surface area contributed by atoms with Crippen LogP contribution in [0.5, 0.6) is 0 Å². The Morgan fingerprint density at radius 1 is 0.720 bits per heavy atom. The smallest absolute Gasteiger partial charge is 0.228 e. The number of hydrogen-bond acceptors (Lipinski definition) is 2. The summed E-state index contributed by atoms with van der Waals surface area (Å²) in [6, 6.07) is 28.1. The number of para-hydroxylation sites is 1. The van der Waals surface area contributed by atoms with E-state index in [1.807, 2.05) is 72.8 Å². The normalized spacial score (nSPS) is 18.4. The van der Waals surface area contributed by atoms with Gasteiger partial charge < -0.3 is 10.6 Å². The minimum atomic E-state index is 0.0875. The zero-order chi connectivity index (χ0) is 17.1. The van der Waals surface area contributed by atoms with Crippen LogP contribution in [-0.2, 0) is 4.79 Å². The summed E-state index contributed by atoms with van der Waals surface area (Å²) < 4.78 is 0. The van der Waals surface area contributed by atoms with E-state index in [2.05, 4.69) is 22.8 Å². The van der Waals surface area contributed by atoms with Crippen LogP contribution in [0.15, 0.2) is 84.9 Å². The van der Waals surface area contributed by atoms with Crippen LogP contribution in [0.3, 0.4) is 0 Å². The van der Waals surface area contributed by atoms with Gasteiger partial charge in [0.15, 0.2) is 0 Å². The number of carbonyl (C=O) groups is 1. The average Bonchev–Trinajstić information content (AvgIpc) is 3.46. The van der Waals surface area contributed by atoms with Gasteiger partial charge in [0.1, 0.15) is 0 Å². The summed E-state index contributed by atoms with van der Waals surface area (Å²) in [5, 5.41) is 6.36. The largest absolute Gasteiger partial charge is 0.356 e. The Kier molecular flexibility index (Phi) is 4.21. The molecule has 1 saturated carbocycles. The van der Waals surface area contributed by atoms with E-state index in [9.17, 15) is 4.79 Å². The predicted octanol–water partition coefficient (Wildman–Crippen LogP) is 5.17. The van der Waals surface area contributed by atoms with E-state index in [0.29, 0.717) is 5.92 Å². The van der Waals surface area contributed by atoms with Crippen molar-refractivity contribution in [1.82, 2.24) is 0 Å². The quantitative estimate of drug-likeness (QED) is 0.678. The fourth-order valence-electron chi connectivity index (χ4n) is 3.11. The number of hydrogen-bond donors (Lipinski definition) is 2. The Hall–Kier alpha value is -3.07. The van der Waals surface area contributed by atoms with Crippen molar-refractivity contribution in [3.63, 3.8) is 0 Å². The fourth-order valence-corrected chi connectivity index (χ4v) is 3.11. The summed E-state index contributed by atoms with van der Waals surface area (Å²) in [4.78, 5) is 12.4. The third kappa shape index (κ3) is 3.72. The van der Waals surface area contributed by atoms with Crippen molar-refractivity contribution < 1.29 is 4.79 Å². The molecule has 0 saturated heterocycles. The first-order valence-electron chi connectivity index (χ1n) is 8.57. The third-order valence-electron chi connectivity index (χ3n) is 4.57. The van der Waals surface area contributed by atoms with Gasteiger partial charge in [0.2, 0.25) is 5.91 Å². The van der Waals surface area contributed by atoms with Crippen LogP contribution >= 0.6 is 0 Å². The molecule has 0 unspecified atom stereocenters. The monoisotopic (exact) mass is 328 g/mol. The average molecular weight is 328 g/mol. The Balaban J connectivity index is 1.35. The van der Waals surface area contributed by atoms with Crippen molar-refractivity contribution in [3.05, 3.63) is 90.5 Å². The van der Waals surface area contributed by atoms with E-state index in [4.69, 9.17) is 0 Å². The molecule has 3 heteroatoms. The molecule has 2 N–H and O–H groups in total. The first-order chi connectivity index (χ1) is 12.3. The summed E-state index contributed by atoms with van der Waals surface area (Å²) in [5.41, 5.74) is 4.13. The summed E-state index contributed by atoms with van der Waals surface area (Å²) in [7, 11) is 0. The topological polar surface area (TPSA) is 41.1 Å². The molecule has 3 aromatic carbocycles. The van der Waals surface area contributed by atoms with Crippen LogP contribution in [0.2, 0.25) is 0 Å². The molecule has 25 heavy (non-hydrogen) atoms. The zero-order valence-electron chi connectivity index (χ0n) is 13.9. The van der Waals surface area contributed by atoms with Crippen molar-refractivity contribution in [1.29, 1.82) is 0 Å². The molecule has 3 nitrogen and oxygen atoms in total. The predicted molar refractivity (Wildman–Crippen MR) is 102 cm³/mol. The maximum Gasteiger partial charge on any atom is 0.228 e. The van der Waals surface area contributed by atoms with E-state index in [-0.39, 0.29) is 11.8 Å². The molecule has 1 fully saturated rings. The molecule has 0 radical (unpaired) electrons. The highest BCUT2D eigenvalue weighted by molar-refractivity contribution is 5.95. The molecule has 0 aromatic heterocycles. The van der Waals surface area contributed by atoms with Gasteiger partial charge in [-0.25, -0.2) is 0 Å². The van der Waals surface area contributed by atoms with Gasteiger partial charge in [-0.3, -0.25) is 4.79 Å². The molecular weight excluding hydrogens is 308 g/mol. The zero-order valence-corrected chi connectivity index (χ0v) is 13.9. The number of carbonyl (C=O) groups excluding carboxylic acids is 1. The van der Waals surface area contributed by atoms with Crippen molar-refractivity contribution in [3.8, 4) is 0 Å². The van der Waals surface area contributed by atoms with Gasteiger partial charge in [-0.1, -0.05) is 48.5 Å². The van der Waals surface area contributed by atoms with Crippen molar-refractivity contribution in [2.75, 3.05) is 10.6 Å². The molecule has 3 aromatic rings. The van der Waals surface area contributed by atoms with Gasteiger partial charge in [-0.15, -0.1) is 0 Å². The third-order valence-corrected chi connectivity index (χ3v) is 4.57. The molecule has 124 valence electrons. The minimum absolute atomic E-state index is 0.0875. The van der Waals surface area contributed by atoms with E-state index in [0.717, 1.165) is 23.5 Å². The molecule has 4 rings (SSSR count). The van der Waals surface area contributed by atoms with Gasteiger partial charge in [0.05, 0.1) is 0 Å². The lowest BCUT2D eigenvalue weighted by atomic mass is 10.1. The lowest BCUT2D eigenvalue weighted by Crippen LogP contribution is -2.14. The Morgan fingerprint density at radius 3 is 1.96 bits per heavy atom. The number of benzene rings is 3. The molecule has 0 heterocycles. The molecule has 0 bridgehead atoms. The van der Waals surface area contributed by atoms with Gasteiger partial charge in [-0.2, -0.15) is 0 Å². The van der Waals surface area contributed by atoms with Crippen LogP contribution in [0, 0.1) is 5.92 Å². The van der Waals surface area contributed by atoms with E-state index < -0.39 is 0 Å². The van der Waals surface area contributed by atoms with Crippen molar-refractivity contribution >= 4 is 23.0 Å². The lowest BCUT2D eigenvalue weighted by molar-refractivity contribution is -0.117. The number of nitrogens with one attached hydrogen (secondary N) is 2. The van der Waals surface area contributed by atoms with E-state index in [1.165, 1.54) is 5.56 Å². The molecule has 1 amide bonds. The highest BCUT2D eigenvalue weighted by Crippen LogP contribution is 2.47. The van der Waals surface area contributed by atoms with E-state index >= 15 is 0 Å². The number of rotatable bonds is 5. The van der Waals surface area contributed by atoms with Crippen LogP contribution < -0.4 is 10.6 Å². The highest BCUT2D eigenvalue weighted by Gasteiger charge is 2.43. The SMILES string of the molecule is O=C(Nc1ccc(Nc2ccccc2)cc1)[C@H]1C[C@H]1c1ccccc1. The highest BCUT2D eigenvalue weighted by atomic mass is 16.2. The Labute approximate surface area is 147 Å². The van der Waals surface area contributed by atoms with Crippen molar-refractivity contribution in [2.45, 2.75) is 12.3 Å². The van der Waals surface area contributed by atoms with E-state index in [1.54, 1.807) is 0 Å². The second-order valence-corrected chi connectivity index (χ2v) is 6.42. The standard InChI is InChI=1S/C22H20N2O/c25-22(21-15-20(21)16-7-3-1-4-8-16)24-19-13-11-18(12-14-19)23-17-9-5-2-6-10-17/h1-14,20-21,23H,15H2,(H,24,25)/t20-,21-/m0/s1. The van der Waals surface area contributed by atoms with Crippen LogP contribution in [-0.4, -0.2) is 5.91 Å². The summed E-state index contributed by atoms with van der Waals surface area (Å²) >= 11 is 0. The molecule has 2 atom stereocenters. The minimum Gasteiger partial charge on any atom is -0.356 e. The summed E-state index contributed by atoms with van der Waals surface area (Å²) in [6.07, 6.45) is 0.934. The molecule has 1 aliphatic carbocycles. The second-order valence-electron chi connectivity index (χ2n) is 6.42.